The molecule has 1 aromatic carbocycles. The summed E-state index contributed by atoms with van der Waals surface area (Å²) in [5.41, 5.74) is 1.87. The van der Waals surface area contributed by atoms with Crippen LogP contribution in [-0.2, 0) is 27.2 Å². The topological polar surface area (TPSA) is 93.2 Å². The van der Waals surface area contributed by atoms with Gasteiger partial charge < -0.3 is 15.4 Å². The molecule has 146 valence electrons. The lowest BCUT2D eigenvalue weighted by molar-refractivity contribution is -0.142. The number of carbonyl (C=O) groups excluding carboxylic acids is 2. The van der Waals surface area contributed by atoms with Crippen molar-refractivity contribution in [2.75, 3.05) is 17.2 Å². The number of carbonyl (C=O) groups is 2. The van der Waals surface area contributed by atoms with Crippen LogP contribution in [0.1, 0.15) is 18.3 Å². The molecule has 10 heteroatoms. The quantitative estimate of drug-likeness (QED) is 0.539. The maximum atomic E-state index is 12.9. The molecule has 7 nitrogen and oxygen atoms in total. The number of nitrogens with one attached hydrogen (secondary N) is 2. The van der Waals surface area contributed by atoms with E-state index >= 15 is 0 Å². The Labute approximate surface area is 168 Å². The summed E-state index contributed by atoms with van der Waals surface area (Å²) in [5, 5.41) is 10.3. The maximum Gasteiger partial charge on any atom is 0.311 e. The van der Waals surface area contributed by atoms with Gasteiger partial charge in [-0.15, -0.1) is 22.7 Å². The molecule has 0 aliphatic heterocycles. The van der Waals surface area contributed by atoms with Crippen LogP contribution in [0.5, 0.6) is 0 Å². The van der Waals surface area contributed by atoms with Gasteiger partial charge in [-0.2, -0.15) is 0 Å². The summed E-state index contributed by atoms with van der Waals surface area (Å²) >= 11 is 2.60. The largest absolute Gasteiger partial charge is 0.466 e. The van der Waals surface area contributed by atoms with Crippen molar-refractivity contribution in [3.8, 4) is 0 Å². The number of thiazole rings is 2. The molecule has 0 saturated heterocycles. The highest BCUT2D eigenvalue weighted by Gasteiger charge is 2.12. The van der Waals surface area contributed by atoms with Crippen LogP contribution < -0.4 is 10.6 Å². The third-order valence-electron chi connectivity index (χ3n) is 3.42. The van der Waals surface area contributed by atoms with Crippen LogP contribution in [-0.4, -0.2) is 28.5 Å². The number of hydrogen-bond donors (Lipinski definition) is 2. The zero-order valence-electron chi connectivity index (χ0n) is 14.9. The van der Waals surface area contributed by atoms with Crippen LogP contribution in [0.2, 0.25) is 0 Å². The molecule has 3 rings (SSSR count). The van der Waals surface area contributed by atoms with E-state index < -0.39 is 0 Å². The standard InChI is InChI=1S/C18H17FN4O3S2/c1-2-26-16(25)8-14-10-28-18(22-14)23-15(24)7-13-9-27-17(21-13)20-12-5-3-11(19)4-6-12/h3-6,9-10H,2,7-8H2,1H3,(H,20,21)(H,22,23,24). The van der Waals surface area contributed by atoms with Crippen molar-refractivity contribution in [2.24, 2.45) is 0 Å². The third-order valence-corrected chi connectivity index (χ3v) is 5.03. The summed E-state index contributed by atoms with van der Waals surface area (Å²) in [6, 6.07) is 5.93. The van der Waals surface area contributed by atoms with Crippen molar-refractivity contribution in [1.29, 1.82) is 0 Å². The number of esters is 1. The summed E-state index contributed by atoms with van der Waals surface area (Å²) in [5.74, 6) is -0.917. The molecule has 28 heavy (non-hydrogen) atoms. The fraction of sp³-hybridized carbons (Fsp3) is 0.222. The number of aromatic nitrogens is 2. The number of rotatable bonds is 8. The van der Waals surface area contributed by atoms with Crippen molar-refractivity contribution in [2.45, 2.75) is 19.8 Å². The Balaban J connectivity index is 1.51. The normalized spacial score (nSPS) is 10.5. The first-order valence-electron chi connectivity index (χ1n) is 8.38. The predicted octanol–water partition coefficient (Wildman–Crippen LogP) is 3.77. The molecule has 0 aliphatic carbocycles. The lowest BCUT2D eigenvalue weighted by Crippen LogP contribution is -2.14. The second-order valence-corrected chi connectivity index (χ2v) is 7.34. The highest BCUT2D eigenvalue weighted by atomic mass is 32.1. The molecule has 0 atom stereocenters. The van der Waals surface area contributed by atoms with E-state index in [4.69, 9.17) is 4.74 Å². The van der Waals surface area contributed by atoms with Crippen LogP contribution in [0.3, 0.4) is 0 Å². The zero-order chi connectivity index (χ0) is 19.9. The molecule has 0 saturated carbocycles. The van der Waals surface area contributed by atoms with Gasteiger partial charge in [0.1, 0.15) is 5.82 Å². The Bertz CT molecular complexity index is 956. The van der Waals surface area contributed by atoms with Gasteiger partial charge >= 0.3 is 5.97 Å². The summed E-state index contributed by atoms with van der Waals surface area (Å²) in [7, 11) is 0. The lowest BCUT2D eigenvalue weighted by Gasteiger charge is -2.02. The van der Waals surface area contributed by atoms with Crippen LogP contribution in [0.25, 0.3) is 0 Å². The van der Waals surface area contributed by atoms with Gasteiger partial charge in [0.05, 0.1) is 30.8 Å². The molecule has 2 aromatic heterocycles. The molecule has 0 fully saturated rings. The first-order chi connectivity index (χ1) is 13.5. The van der Waals surface area contributed by atoms with E-state index in [2.05, 4.69) is 20.6 Å². The second kappa shape index (κ2) is 9.38. The second-order valence-electron chi connectivity index (χ2n) is 5.63. The highest BCUT2D eigenvalue weighted by molar-refractivity contribution is 7.14. The number of ether oxygens (including phenoxy) is 1. The number of hydrogen-bond acceptors (Lipinski definition) is 8. The number of anilines is 3. The predicted molar refractivity (Wildman–Crippen MR) is 107 cm³/mol. The number of halogens is 1. The summed E-state index contributed by atoms with van der Waals surface area (Å²) < 4.78 is 17.8. The van der Waals surface area contributed by atoms with E-state index in [0.717, 1.165) is 0 Å². The minimum Gasteiger partial charge on any atom is -0.466 e. The van der Waals surface area contributed by atoms with Gasteiger partial charge in [0.25, 0.3) is 0 Å². The van der Waals surface area contributed by atoms with Gasteiger partial charge in [0, 0.05) is 16.4 Å². The van der Waals surface area contributed by atoms with Crippen LogP contribution in [0.15, 0.2) is 35.0 Å². The van der Waals surface area contributed by atoms with E-state index in [1.165, 1.54) is 34.8 Å². The van der Waals surface area contributed by atoms with Gasteiger partial charge in [-0.1, -0.05) is 0 Å². The number of benzene rings is 1. The van der Waals surface area contributed by atoms with E-state index in [1.54, 1.807) is 29.8 Å². The van der Waals surface area contributed by atoms with E-state index in [-0.39, 0.29) is 30.5 Å². The summed E-state index contributed by atoms with van der Waals surface area (Å²) in [6.07, 6.45) is 0.166. The average molecular weight is 420 g/mol. The molecule has 0 radical (unpaired) electrons. The average Bonchev–Trinajstić information content (AvgIpc) is 3.26. The van der Waals surface area contributed by atoms with Gasteiger partial charge in [-0.3, -0.25) is 9.59 Å². The van der Waals surface area contributed by atoms with Crippen molar-refractivity contribution in [3.63, 3.8) is 0 Å². The van der Waals surface area contributed by atoms with Gasteiger partial charge in [-0.25, -0.2) is 14.4 Å². The third kappa shape index (κ3) is 5.83. The molecule has 0 bridgehead atoms. The fourth-order valence-electron chi connectivity index (χ4n) is 2.24. The first-order valence-corrected chi connectivity index (χ1v) is 10.1. The van der Waals surface area contributed by atoms with Crippen LogP contribution in [0.4, 0.5) is 20.3 Å². The summed E-state index contributed by atoms with van der Waals surface area (Å²) in [4.78, 5) is 32.2. The minimum absolute atomic E-state index is 0.0741. The Morgan fingerprint density at radius 3 is 2.39 bits per heavy atom. The SMILES string of the molecule is CCOC(=O)Cc1csc(NC(=O)Cc2csc(Nc3ccc(F)cc3)n2)n1. The smallest absolute Gasteiger partial charge is 0.311 e. The van der Waals surface area contributed by atoms with Crippen molar-refractivity contribution < 1.29 is 18.7 Å². The van der Waals surface area contributed by atoms with Gasteiger partial charge in [0.2, 0.25) is 5.91 Å². The van der Waals surface area contributed by atoms with Crippen molar-refractivity contribution >= 4 is 50.5 Å². The van der Waals surface area contributed by atoms with E-state index in [9.17, 15) is 14.0 Å². The molecular formula is C18H17FN4O3S2. The highest BCUT2D eigenvalue weighted by Crippen LogP contribution is 2.22. The molecule has 0 aliphatic rings. The maximum absolute atomic E-state index is 12.9. The van der Waals surface area contributed by atoms with Gasteiger partial charge in [0.15, 0.2) is 10.3 Å². The molecule has 0 spiro atoms. The summed E-state index contributed by atoms with van der Waals surface area (Å²) in [6.45, 7) is 2.06. The Morgan fingerprint density at radius 2 is 1.68 bits per heavy atom. The molecular weight excluding hydrogens is 403 g/mol. The zero-order valence-corrected chi connectivity index (χ0v) is 16.5. The van der Waals surface area contributed by atoms with Crippen LogP contribution >= 0.6 is 22.7 Å². The lowest BCUT2D eigenvalue weighted by atomic mass is 10.3. The van der Waals surface area contributed by atoms with Crippen LogP contribution in [0, 0.1) is 5.82 Å². The Morgan fingerprint density at radius 1 is 1.04 bits per heavy atom. The fourth-order valence-corrected chi connectivity index (χ4v) is 3.69. The number of amides is 1. The van der Waals surface area contributed by atoms with Gasteiger partial charge in [-0.05, 0) is 31.2 Å². The Kier molecular flexibility index (Phi) is 6.66. The minimum atomic E-state index is -0.352. The van der Waals surface area contributed by atoms with Crippen molar-refractivity contribution in [1.82, 2.24) is 9.97 Å². The van der Waals surface area contributed by atoms with E-state index in [0.29, 0.717) is 33.9 Å². The Hall–Kier alpha value is -2.85. The number of nitrogens with zero attached hydrogens (tertiary/aromatic N) is 2. The molecule has 2 N–H and O–H groups in total. The molecule has 0 unspecified atom stereocenters. The monoisotopic (exact) mass is 420 g/mol. The van der Waals surface area contributed by atoms with Crippen molar-refractivity contribution in [3.05, 3.63) is 52.2 Å². The van der Waals surface area contributed by atoms with E-state index in [1.807, 2.05) is 0 Å². The molecule has 3 aromatic rings. The molecule has 2 heterocycles. The molecule has 1 amide bonds. The first kappa shape index (κ1) is 19.9.